The molecule has 0 aliphatic heterocycles. The standard InChI is InChI=1S/C16H19N3O4S/c1-4-12-10(2)24-15(18-12)7-8-17-16(20)11-5-6-14(23-3)13(9-11)19(21)22/h5-6,9H,4,7-8H2,1-3H3,(H,17,20). The fraction of sp³-hybridized carbons (Fsp3) is 0.375. The van der Waals surface area contributed by atoms with Gasteiger partial charge in [0.2, 0.25) is 0 Å². The van der Waals surface area contributed by atoms with Crippen molar-refractivity contribution in [2.45, 2.75) is 26.7 Å². The Hall–Kier alpha value is -2.48. The highest BCUT2D eigenvalue weighted by Crippen LogP contribution is 2.27. The van der Waals surface area contributed by atoms with Crippen LogP contribution in [0.2, 0.25) is 0 Å². The van der Waals surface area contributed by atoms with Crippen LogP contribution in [-0.2, 0) is 12.8 Å². The van der Waals surface area contributed by atoms with Gasteiger partial charge in [-0.3, -0.25) is 14.9 Å². The van der Waals surface area contributed by atoms with Gasteiger partial charge in [-0.1, -0.05) is 6.92 Å². The molecule has 1 aromatic carbocycles. The molecule has 0 saturated carbocycles. The first-order chi connectivity index (χ1) is 11.5. The molecule has 24 heavy (non-hydrogen) atoms. The van der Waals surface area contributed by atoms with Gasteiger partial charge in [-0.25, -0.2) is 4.98 Å². The molecule has 0 unspecified atom stereocenters. The number of nitro benzene ring substituents is 1. The van der Waals surface area contributed by atoms with Gasteiger partial charge in [0.05, 0.1) is 22.7 Å². The predicted molar refractivity (Wildman–Crippen MR) is 91.9 cm³/mol. The van der Waals surface area contributed by atoms with Gasteiger partial charge in [0.25, 0.3) is 5.91 Å². The molecule has 0 aliphatic rings. The second kappa shape index (κ2) is 7.87. The zero-order valence-electron chi connectivity index (χ0n) is 13.8. The van der Waals surface area contributed by atoms with E-state index in [1.807, 2.05) is 6.92 Å². The van der Waals surface area contributed by atoms with Crippen LogP contribution in [0.5, 0.6) is 5.75 Å². The maximum absolute atomic E-state index is 12.1. The number of benzene rings is 1. The monoisotopic (exact) mass is 349 g/mol. The number of aromatic nitrogens is 1. The second-order valence-electron chi connectivity index (χ2n) is 5.11. The van der Waals surface area contributed by atoms with Crippen LogP contribution < -0.4 is 10.1 Å². The molecule has 0 radical (unpaired) electrons. The maximum atomic E-state index is 12.1. The molecule has 128 valence electrons. The number of ether oxygens (including phenoxy) is 1. The van der Waals surface area contributed by atoms with E-state index in [9.17, 15) is 14.9 Å². The summed E-state index contributed by atoms with van der Waals surface area (Å²) in [5.74, 6) is -0.230. The molecule has 0 spiro atoms. The van der Waals surface area contributed by atoms with E-state index in [1.54, 1.807) is 11.3 Å². The Morgan fingerprint density at radius 1 is 1.46 bits per heavy atom. The van der Waals surface area contributed by atoms with Gasteiger partial charge in [0.1, 0.15) is 0 Å². The van der Waals surface area contributed by atoms with Gasteiger partial charge < -0.3 is 10.1 Å². The second-order valence-corrected chi connectivity index (χ2v) is 6.40. The zero-order chi connectivity index (χ0) is 17.7. The lowest BCUT2D eigenvalue weighted by atomic mass is 10.1. The van der Waals surface area contributed by atoms with E-state index in [1.165, 1.54) is 30.2 Å². The summed E-state index contributed by atoms with van der Waals surface area (Å²) in [5.41, 5.74) is 1.09. The molecule has 0 bridgehead atoms. The summed E-state index contributed by atoms with van der Waals surface area (Å²) in [7, 11) is 1.35. The summed E-state index contributed by atoms with van der Waals surface area (Å²) in [6.45, 7) is 4.52. The van der Waals surface area contributed by atoms with Crippen LogP contribution in [-0.4, -0.2) is 29.5 Å². The van der Waals surface area contributed by atoms with E-state index in [-0.39, 0.29) is 22.9 Å². The normalized spacial score (nSPS) is 10.5. The number of thiazole rings is 1. The first-order valence-corrected chi connectivity index (χ1v) is 8.33. The lowest BCUT2D eigenvalue weighted by Gasteiger charge is -2.06. The number of nitro groups is 1. The van der Waals surface area contributed by atoms with E-state index in [4.69, 9.17) is 4.74 Å². The average molecular weight is 349 g/mol. The molecular weight excluding hydrogens is 330 g/mol. The summed E-state index contributed by atoms with van der Waals surface area (Å²) in [6, 6.07) is 4.14. The molecule has 2 rings (SSSR count). The third-order valence-corrected chi connectivity index (χ3v) is 4.61. The Kier molecular flexibility index (Phi) is 5.86. The number of amides is 1. The highest BCUT2D eigenvalue weighted by Gasteiger charge is 2.18. The Morgan fingerprint density at radius 2 is 2.21 bits per heavy atom. The smallest absolute Gasteiger partial charge is 0.311 e. The average Bonchev–Trinajstić information content (AvgIpc) is 2.93. The van der Waals surface area contributed by atoms with E-state index in [0.29, 0.717) is 13.0 Å². The van der Waals surface area contributed by atoms with Gasteiger partial charge in [-0.2, -0.15) is 0 Å². The number of nitrogens with one attached hydrogen (secondary N) is 1. The van der Waals surface area contributed by atoms with Gasteiger partial charge in [0.15, 0.2) is 5.75 Å². The molecule has 1 heterocycles. The van der Waals surface area contributed by atoms with Crippen molar-refractivity contribution in [2.24, 2.45) is 0 Å². The molecule has 1 N–H and O–H groups in total. The lowest BCUT2D eigenvalue weighted by molar-refractivity contribution is -0.385. The molecule has 0 aliphatic carbocycles. The van der Waals surface area contributed by atoms with Crippen molar-refractivity contribution in [2.75, 3.05) is 13.7 Å². The molecule has 7 nitrogen and oxygen atoms in total. The van der Waals surface area contributed by atoms with Crippen molar-refractivity contribution < 1.29 is 14.5 Å². The number of aryl methyl sites for hydroxylation is 2. The van der Waals surface area contributed by atoms with Crippen LogP contribution in [0.1, 0.15) is 32.9 Å². The number of methoxy groups -OCH3 is 1. The van der Waals surface area contributed by atoms with E-state index < -0.39 is 4.92 Å². The van der Waals surface area contributed by atoms with Crippen LogP contribution in [0.3, 0.4) is 0 Å². The molecular formula is C16H19N3O4S. The van der Waals surface area contributed by atoms with Gasteiger partial charge in [0, 0.05) is 29.5 Å². The van der Waals surface area contributed by atoms with E-state index in [0.717, 1.165) is 17.1 Å². The summed E-state index contributed by atoms with van der Waals surface area (Å²) in [6.07, 6.45) is 1.53. The SMILES string of the molecule is CCc1nc(CCNC(=O)c2ccc(OC)c([N+](=O)[O-])c2)sc1C. The number of nitrogens with zero attached hydrogens (tertiary/aromatic N) is 2. The van der Waals surface area contributed by atoms with Crippen LogP contribution in [0.15, 0.2) is 18.2 Å². The highest BCUT2D eigenvalue weighted by atomic mass is 32.1. The number of hydrogen-bond acceptors (Lipinski definition) is 6. The van der Waals surface area contributed by atoms with Crippen molar-refractivity contribution in [3.63, 3.8) is 0 Å². The Morgan fingerprint density at radius 3 is 2.79 bits per heavy atom. The number of hydrogen-bond donors (Lipinski definition) is 1. The molecule has 0 atom stereocenters. The lowest BCUT2D eigenvalue weighted by Crippen LogP contribution is -2.25. The van der Waals surface area contributed by atoms with E-state index >= 15 is 0 Å². The van der Waals surface area contributed by atoms with Crippen molar-refractivity contribution >= 4 is 22.9 Å². The Balaban J connectivity index is 1.99. The van der Waals surface area contributed by atoms with Crippen molar-refractivity contribution in [1.29, 1.82) is 0 Å². The van der Waals surface area contributed by atoms with Crippen LogP contribution >= 0.6 is 11.3 Å². The van der Waals surface area contributed by atoms with Crippen molar-refractivity contribution in [3.8, 4) is 5.75 Å². The zero-order valence-corrected chi connectivity index (χ0v) is 14.6. The summed E-state index contributed by atoms with van der Waals surface area (Å²) < 4.78 is 4.92. The third kappa shape index (κ3) is 4.08. The minimum absolute atomic E-state index is 0.127. The number of rotatable bonds is 7. The van der Waals surface area contributed by atoms with E-state index in [2.05, 4.69) is 17.2 Å². The topological polar surface area (TPSA) is 94.4 Å². The van der Waals surface area contributed by atoms with Crippen molar-refractivity contribution in [3.05, 3.63) is 49.5 Å². The first-order valence-electron chi connectivity index (χ1n) is 7.52. The molecule has 1 aromatic heterocycles. The molecule has 8 heteroatoms. The maximum Gasteiger partial charge on any atom is 0.311 e. The quantitative estimate of drug-likeness (QED) is 0.612. The summed E-state index contributed by atoms with van der Waals surface area (Å²) in [5, 5.41) is 14.7. The molecule has 0 saturated heterocycles. The van der Waals surface area contributed by atoms with Crippen LogP contribution in [0, 0.1) is 17.0 Å². The van der Waals surface area contributed by atoms with Crippen molar-refractivity contribution in [1.82, 2.24) is 10.3 Å². The fourth-order valence-electron chi connectivity index (χ4n) is 2.28. The predicted octanol–water partition coefficient (Wildman–Crippen LogP) is 2.90. The molecule has 2 aromatic rings. The van der Waals surface area contributed by atoms with Gasteiger partial charge in [-0.05, 0) is 25.5 Å². The minimum Gasteiger partial charge on any atom is -0.490 e. The highest BCUT2D eigenvalue weighted by molar-refractivity contribution is 7.11. The molecule has 0 fully saturated rings. The Labute approximate surface area is 143 Å². The number of carbonyl (C=O) groups excluding carboxylic acids is 1. The minimum atomic E-state index is -0.569. The van der Waals surface area contributed by atoms with Crippen LogP contribution in [0.4, 0.5) is 5.69 Å². The van der Waals surface area contributed by atoms with Gasteiger partial charge in [-0.15, -0.1) is 11.3 Å². The summed E-state index contributed by atoms with van der Waals surface area (Å²) in [4.78, 5) is 28.3. The van der Waals surface area contributed by atoms with Crippen LogP contribution in [0.25, 0.3) is 0 Å². The Bertz CT molecular complexity index is 758. The summed E-state index contributed by atoms with van der Waals surface area (Å²) >= 11 is 1.63. The van der Waals surface area contributed by atoms with Gasteiger partial charge >= 0.3 is 5.69 Å². The molecule has 1 amide bonds. The fourth-order valence-corrected chi connectivity index (χ4v) is 3.30. The first kappa shape index (κ1) is 17.9. The number of carbonyl (C=O) groups is 1. The third-order valence-electron chi connectivity index (χ3n) is 3.53. The largest absolute Gasteiger partial charge is 0.490 e.